The molecule has 0 spiro atoms. The zero-order chi connectivity index (χ0) is 11.8. The third-order valence-electron chi connectivity index (χ3n) is 2.59. The van der Waals surface area contributed by atoms with Crippen molar-refractivity contribution in [3.05, 3.63) is 35.6 Å². The number of nitrogens with one attached hydrogen (secondary N) is 1. The fraction of sp³-hybridized carbons (Fsp3) is 0.538. The van der Waals surface area contributed by atoms with Crippen LogP contribution in [-0.4, -0.2) is 18.2 Å². The van der Waals surface area contributed by atoms with Crippen LogP contribution in [0, 0.1) is 5.82 Å². The Labute approximate surface area is 96.5 Å². The molecule has 1 atom stereocenters. The van der Waals surface area contributed by atoms with Gasteiger partial charge in [0.1, 0.15) is 5.82 Å². The van der Waals surface area contributed by atoms with Crippen molar-refractivity contribution in [2.24, 2.45) is 0 Å². The zero-order valence-corrected chi connectivity index (χ0v) is 9.75. The van der Waals surface area contributed by atoms with Gasteiger partial charge >= 0.3 is 0 Å². The van der Waals surface area contributed by atoms with Gasteiger partial charge in [0.05, 0.1) is 6.10 Å². The molecule has 1 rings (SSSR count). The van der Waals surface area contributed by atoms with Gasteiger partial charge in [-0.2, -0.15) is 0 Å². The minimum Gasteiger partial charge on any atom is -0.388 e. The number of benzene rings is 1. The van der Waals surface area contributed by atoms with E-state index in [-0.39, 0.29) is 5.82 Å². The van der Waals surface area contributed by atoms with Crippen LogP contribution in [0.1, 0.15) is 37.9 Å². The number of aliphatic hydroxyl groups is 1. The second-order valence-corrected chi connectivity index (χ2v) is 3.92. The Balaban J connectivity index is 2.24. The second-order valence-electron chi connectivity index (χ2n) is 3.92. The van der Waals surface area contributed by atoms with Crippen molar-refractivity contribution in [2.75, 3.05) is 13.1 Å². The van der Waals surface area contributed by atoms with E-state index in [1.54, 1.807) is 12.1 Å². The molecule has 1 aromatic rings. The summed E-state index contributed by atoms with van der Waals surface area (Å²) in [5.41, 5.74) is 0.796. The van der Waals surface area contributed by atoms with Crippen molar-refractivity contribution in [2.45, 2.75) is 32.3 Å². The summed E-state index contributed by atoms with van der Waals surface area (Å²) >= 11 is 0. The summed E-state index contributed by atoms with van der Waals surface area (Å²) in [6.45, 7) is 4.06. The van der Waals surface area contributed by atoms with Crippen LogP contribution in [0.5, 0.6) is 0 Å². The summed E-state index contributed by atoms with van der Waals surface area (Å²) in [6.07, 6.45) is 2.30. The molecule has 0 fully saturated rings. The Morgan fingerprint density at radius 1 is 1.25 bits per heavy atom. The lowest BCUT2D eigenvalue weighted by Gasteiger charge is -2.10. The summed E-state index contributed by atoms with van der Waals surface area (Å²) in [5, 5.41) is 13.1. The summed E-state index contributed by atoms with van der Waals surface area (Å²) in [6, 6.07) is 6.06. The minimum absolute atomic E-state index is 0.261. The number of rotatable bonds is 7. The summed E-state index contributed by atoms with van der Waals surface area (Å²) in [7, 11) is 0. The van der Waals surface area contributed by atoms with E-state index in [1.807, 2.05) is 0 Å². The number of hydrogen-bond donors (Lipinski definition) is 2. The molecular formula is C13H20FNO. The Bertz CT molecular complexity index is 286. The molecule has 0 radical (unpaired) electrons. The maximum Gasteiger partial charge on any atom is 0.123 e. The molecule has 0 saturated carbocycles. The van der Waals surface area contributed by atoms with Gasteiger partial charge in [0.15, 0.2) is 0 Å². The van der Waals surface area contributed by atoms with Crippen LogP contribution in [0.15, 0.2) is 24.3 Å². The van der Waals surface area contributed by atoms with Gasteiger partial charge in [-0.05, 0) is 50.0 Å². The Kier molecular flexibility index (Phi) is 6.04. The SMILES string of the molecule is CCNCCCC[C@H](O)c1ccc(F)cc1. The van der Waals surface area contributed by atoms with Crippen molar-refractivity contribution >= 4 is 0 Å². The lowest BCUT2D eigenvalue weighted by molar-refractivity contribution is 0.163. The molecule has 0 aliphatic heterocycles. The maximum absolute atomic E-state index is 12.7. The summed E-state index contributed by atoms with van der Waals surface area (Å²) in [5.74, 6) is -0.261. The average Bonchev–Trinajstić information content (AvgIpc) is 2.29. The molecule has 3 heteroatoms. The molecule has 0 saturated heterocycles. The molecule has 0 heterocycles. The van der Waals surface area contributed by atoms with Crippen LogP contribution in [-0.2, 0) is 0 Å². The van der Waals surface area contributed by atoms with Crippen LogP contribution in [0.3, 0.4) is 0 Å². The van der Waals surface area contributed by atoms with E-state index in [2.05, 4.69) is 12.2 Å². The second kappa shape index (κ2) is 7.36. The van der Waals surface area contributed by atoms with Crippen molar-refractivity contribution < 1.29 is 9.50 Å². The van der Waals surface area contributed by atoms with E-state index in [1.165, 1.54) is 12.1 Å². The summed E-state index contributed by atoms with van der Waals surface area (Å²) < 4.78 is 12.7. The van der Waals surface area contributed by atoms with E-state index in [4.69, 9.17) is 0 Å². The largest absolute Gasteiger partial charge is 0.388 e. The average molecular weight is 225 g/mol. The van der Waals surface area contributed by atoms with Crippen LogP contribution in [0.4, 0.5) is 4.39 Å². The molecule has 0 aromatic heterocycles. The molecule has 2 nitrogen and oxygen atoms in total. The normalized spacial score (nSPS) is 12.7. The predicted octanol–water partition coefficient (Wildman–Crippen LogP) is 2.64. The molecule has 0 bridgehead atoms. The lowest BCUT2D eigenvalue weighted by Crippen LogP contribution is -2.14. The molecular weight excluding hydrogens is 205 g/mol. The van der Waals surface area contributed by atoms with E-state index < -0.39 is 6.10 Å². The first-order valence-electron chi connectivity index (χ1n) is 5.88. The lowest BCUT2D eigenvalue weighted by atomic mass is 10.0. The van der Waals surface area contributed by atoms with Crippen LogP contribution < -0.4 is 5.32 Å². The van der Waals surface area contributed by atoms with E-state index in [9.17, 15) is 9.50 Å². The number of aliphatic hydroxyl groups excluding tert-OH is 1. The van der Waals surface area contributed by atoms with E-state index in [0.717, 1.165) is 37.9 Å². The van der Waals surface area contributed by atoms with Gasteiger partial charge < -0.3 is 10.4 Å². The van der Waals surface area contributed by atoms with Gasteiger partial charge in [-0.25, -0.2) is 4.39 Å². The zero-order valence-electron chi connectivity index (χ0n) is 9.75. The molecule has 0 aliphatic rings. The summed E-state index contributed by atoms with van der Waals surface area (Å²) in [4.78, 5) is 0. The fourth-order valence-electron chi connectivity index (χ4n) is 1.62. The van der Waals surface area contributed by atoms with Crippen LogP contribution >= 0.6 is 0 Å². The van der Waals surface area contributed by atoms with Crippen molar-refractivity contribution in [3.8, 4) is 0 Å². The van der Waals surface area contributed by atoms with Gasteiger partial charge in [0.25, 0.3) is 0 Å². The fourth-order valence-corrected chi connectivity index (χ4v) is 1.62. The third-order valence-corrected chi connectivity index (χ3v) is 2.59. The molecule has 16 heavy (non-hydrogen) atoms. The first-order chi connectivity index (χ1) is 7.74. The highest BCUT2D eigenvalue weighted by Gasteiger charge is 2.06. The van der Waals surface area contributed by atoms with Gasteiger partial charge in [-0.15, -0.1) is 0 Å². The van der Waals surface area contributed by atoms with Gasteiger partial charge in [-0.1, -0.05) is 19.1 Å². The molecule has 0 aliphatic carbocycles. The smallest absolute Gasteiger partial charge is 0.123 e. The molecule has 90 valence electrons. The van der Waals surface area contributed by atoms with Crippen molar-refractivity contribution in [1.29, 1.82) is 0 Å². The Morgan fingerprint density at radius 2 is 1.94 bits per heavy atom. The third kappa shape index (κ3) is 4.73. The highest BCUT2D eigenvalue weighted by Crippen LogP contribution is 2.19. The number of hydrogen-bond acceptors (Lipinski definition) is 2. The van der Waals surface area contributed by atoms with Crippen LogP contribution in [0.25, 0.3) is 0 Å². The maximum atomic E-state index is 12.7. The first-order valence-corrected chi connectivity index (χ1v) is 5.88. The Morgan fingerprint density at radius 3 is 2.56 bits per heavy atom. The standard InChI is InChI=1S/C13H20FNO/c1-2-15-10-4-3-5-13(16)11-6-8-12(14)9-7-11/h6-9,13,15-16H,2-5,10H2,1H3/t13-/m0/s1. The first kappa shape index (κ1) is 13.1. The molecule has 1 aromatic carbocycles. The topological polar surface area (TPSA) is 32.3 Å². The van der Waals surface area contributed by atoms with Gasteiger partial charge in [-0.3, -0.25) is 0 Å². The van der Waals surface area contributed by atoms with Gasteiger partial charge in [0.2, 0.25) is 0 Å². The van der Waals surface area contributed by atoms with Crippen LogP contribution in [0.2, 0.25) is 0 Å². The number of halogens is 1. The molecule has 0 amide bonds. The highest BCUT2D eigenvalue weighted by atomic mass is 19.1. The van der Waals surface area contributed by atoms with E-state index in [0.29, 0.717) is 0 Å². The van der Waals surface area contributed by atoms with E-state index >= 15 is 0 Å². The van der Waals surface area contributed by atoms with Crippen molar-refractivity contribution in [1.82, 2.24) is 5.32 Å². The quantitative estimate of drug-likeness (QED) is 0.699. The minimum atomic E-state index is -0.470. The molecule has 0 unspecified atom stereocenters. The molecule has 2 N–H and O–H groups in total. The van der Waals surface area contributed by atoms with Gasteiger partial charge in [0, 0.05) is 0 Å². The monoisotopic (exact) mass is 225 g/mol. The van der Waals surface area contributed by atoms with Crippen molar-refractivity contribution in [3.63, 3.8) is 0 Å². The predicted molar refractivity (Wildman–Crippen MR) is 63.8 cm³/mol. The number of unbranched alkanes of at least 4 members (excludes halogenated alkanes) is 1. The Hall–Kier alpha value is -0.930. The highest BCUT2D eigenvalue weighted by molar-refractivity contribution is 5.18.